The smallest absolute Gasteiger partial charge is 0.246 e. The van der Waals surface area contributed by atoms with Gasteiger partial charge in [0, 0.05) is 30.7 Å². The largest absolute Gasteiger partial charge is 0.395 e. The van der Waals surface area contributed by atoms with Crippen LogP contribution < -0.4 is 5.32 Å². The van der Waals surface area contributed by atoms with Crippen LogP contribution in [0.25, 0.3) is 0 Å². The number of rotatable bonds is 7. The molecular weight excluding hydrogens is 273 g/mol. The Labute approximate surface area is 124 Å². The van der Waals surface area contributed by atoms with Gasteiger partial charge in [-0.25, -0.2) is 4.39 Å². The van der Waals surface area contributed by atoms with Crippen molar-refractivity contribution in [2.75, 3.05) is 19.8 Å². The molecule has 0 fully saturated rings. The van der Waals surface area contributed by atoms with Gasteiger partial charge in [0.2, 0.25) is 5.91 Å². The van der Waals surface area contributed by atoms with E-state index >= 15 is 0 Å². The number of aliphatic hydroxyl groups excluding tert-OH is 1. The van der Waals surface area contributed by atoms with E-state index in [-0.39, 0.29) is 25.7 Å². The Hall–Kier alpha value is -1.90. The monoisotopic (exact) mass is 293 g/mol. The molecule has 4 nitrogen and oxygen atoms in total. The Morgan fingerprint density at radius 2 is 2.29 bits per heavy atom. The summed E-state index contributed by atoms with van der Waals surface area (Å²) in [6.07, 6.45) is 1.22. The molecule has 0 atom stereocenters. The molecule has 21 heavy (non-hydrogen) atoms. The fourth-order valence-corrected chi connectivity index (χ4v) is 1.56. The second-order valence-electron chi connectivity index (χ2n) is 4.41. The summed E-state index contributed by atoms with van der Waals surface area (Å²) in [6.45, 7) is 2.55. The van der Waals surface area contributed by atoms with Crippen molar-refractivity contribution in [3.8, 4) is 11.8 Å². The minimum absolute atomic E-state index is 0.00509. The second-order valence-corrected chi connectivity index (χ2v) is 4.41. The maximum Gasteiger partial charge on any atom is 0.246 e. The molecule has 114 valence electrons. The molecule has 0 heterocycles. The van der Waals surface area contributed by atoms with Crippen LogP contribution in [0.3, 0.4) is 0 Å². The van der Waals surface area contributed by atoms with E-state index < -0.39 is 5.82 Å². The zero-order chi connectivity index (χ0) is 15.5. The summed E-state index contributed by atoms with van der Waals surface area (Å²) in [5.74, 6) is 4.93. The zero-order valence-corrected chi connectivity index (χ0v) is 12.1. The SMILES string of the molecule is CCCOCC(=O)NCc1cc(C#CCCO)ccc1F. The molecule has 0 aliphatic heterocycles. The van der Waals surface area contributed by atoms with Gasteiger partial charge in [-0.1, -0.05) is 18.8 Å². The Morgan fingerprint density at radius 1 is 1.48 bits per heavy atom. The first-order valence-corrected chi connectivity index (χ1v) is 6.90. The summed E-state index contributed by atoms with van der Waals surface area (Å²) in [6, 6.07) is 4.47. The van der Waals surface area contributed by atoms with Gasteiger partial charge in [-0.15, -0.1) is 0 Å². The molecule has 0 saturated carbocycles. The number of amides is 1. The lowest BCUT2D eigenvalue weighted by molar-refractivity contribution is -0.125. The van der Waals surface area contributed by atoms with E-state index in [9.17, 15) is 9.18 Å². The quantitative estimate of drug-likeness (QED) is 0.593. The van der Waals surface area contributed by atoms with Gasteiger partial charge >= 0.3 is 0 Å². The predicted octanol–water partition coefficient (Wildman–Crippen LogP) is 1.60. The number of carbonyl (C=O) groups is 1. The van der Waals surface area contributed by atoms with Crippen LogP contribution in [-0.2, 0) is 16.1 Å². The maximum atomic E-state index is 13.6. The molecule has 0 aromatic heterocycles. The van der Waals surface area contributed by atoms with Crippen molar-refractivity contribution in [1.82, 2.24) is 5.32 Å². The molecule has 5 heteroatoms. The molecule has 0 radical (unpaired) electrons. The van der Waals surface area contributed by atoms with Gasteiger partial charge in [-0.3, -0.25) is 4.79 Å². The van der Waals surface area contributed by atoms with E-state index in [1.165, 1.54) is 6.07 Å². The summed E-state index contributed by atoms with van der Waals surface area (Å²) >= 11 is 0. The highest BCUT2D eigenvalue weighted by Crippen LogP contribution is 2.10. The summed E-state index contributed by atoms with van der Waals surface area (Å²) in [5.41, 5.74) is 1.02. The average molecular weight is 293 g/mol. The van der Waals surface area contributed by atoms with Gasteiger partial charge in [0.1, 0.15) is 12.4 Å². The van der Waals surface area contributed by atoms with Crippen LogP contribution in [0.1, 0.15) is 30.9 Å². The molecule has 0 saturated heterocycles. The molecule has 1 amide bonds. The Bertz CT molecular complexity index is 520. The summed E-state index contributed by atoms with van der Waals surface area (Å²) in [7, 11) is 0. The number of benzene rings is 1. The van der Waals surface area contributed by atoms with Crippen molar-refractivity contribution in [2.45, 2.75) is 26.3 Å². The molecule has 0 aliphatic carbocycles. The molecule has 2 N–H and O–H groups in total. The van der Waals surface area contributed by atoms with Crippen LogP contribution in [0, 0.1) is 17.7 Å². The first kappa shape index (κ1) is 17.2. The van der Waals surface area contributed by atoms with Gasteiger partial charge < -0.3 is 15.2 Å². The predicted molar refractivity (Wildman–Crippen MR) is 77.9 cm³/mol. The molecule has 0 bridgehead atoms. The lowest BCUT2D eigenvalue weighted by Gasteiger charge is -2.07. The number of hydrogen-bond donors (Lipinski definition) is 2. The van der Waals surface area contributed by atoms with Crippen molar-refractivity contribution in [2.24, 2.45) is 0 Å². The Balaban J connectivity index is 2.56. The van der Waals surface area contributed by atoms with E-state index in [1.807, 2.05) is 6.92 Å². The lowest BCUT2D eigenvalue weighted by Crippen LogP contribution is -2.27. The highest BCUT2D eigenvalue weighted by atomic mass is 19.1. The van der Waals surface area contributed by atoms with E-state index in [0.717, 1.165) is 6.42 Å². The molecule has 1 aromatic carbocycles. The molecule has 0 unspecified atom stereocenters. The van der Waals surface area contributed by atoms with Gasteiger partial charge in [-0.2, -0.15) is 0 Å². The topological polar surface area (TPSA) is 58.6 Å². The van der Waals surface area contributed by atoms with Crippen molar-refractivity contribution in [1.29, 1.82) is 0 Å². The van der Waals surface area contributed by atoms with E-state index in [2.05, 4.69) is 17.2 Å². The number of nitrogens with one attached hydrogen (secondary N) is 1. The number of carbonyl (C=O) groups excluding carboxylic acids is 1. The summed E-state index contributed by atoms with van der Waals surface area (Å²) in [5, 5.41) is 11.3. The van der Waals surface area contributed by atoms with E-state index in [4.69, 9.17) is 9.84 Å². The van der Waals surface area contributed by atoms with Crippen molar-refractivity contribution in [3.05, 3.63) is 35.1 Å². The first-order valence-electron chi connectivity index (χ1n) is 6.90. The van der Waals surface area contributed by atoms with Crippen LogP contribution in [0.4, 0.5) is 4.39 Å². The third kappa shape index (κ3) is 6.89. The summed E-state index contributed by atoms with van der Waals surface area (Å²) < 4.78 is 18.7. The van der Waals surface area contributed by atoms with Gasteiger partial charge in [-0.05, 0) is 24.6 Å². The van der Waals surface area contributed by atoms with Crippen molar-refractivity contribution < 1.29 is 19.0 Å². The number of ether oxygens (including phenoxy) is 1. The average Bonchev–Trinajstić information content (AvgIpc) is 2.48. The minimum atomic E-state index is -0.391. The molecule has 1 aromatic rings. The number of aliphatic hydroxyl groups is 1. The van der Waals surface area contributed by atoms with E-state index in [1.54, 1.807) is 12.1 Å². The Kier molecular flexibility index (Phi) is 8.10. The standard InChI is InChI=1S/C16H20FNO3/c1-2-9-21-12-16(20)18-11-14-10-13(5-3-4-8-19)6-7-15(14)17/h6-7,10,19H,2,4,8-9,11-12H2,1H3,(H,18,20). The normalized spacial score (nSPS) is 9.86. The van der Waals surface area contributed by atoms with Gasteiger partial charge in [0.15, 0.2) is 0 Å². The third-order valence-corrected chi connectivity index (χ3v) is 2.57. The van der Waals surface area contributed by atoms with Crippen molar-refractivity contribution >= 4 is 5.91 Å². The fraction of sp³-hybridized carbons (Fsp3) is 0.438. The van der Waals surface area contributed by atoms with E-state index in [0.29, 0.717) is 24.2 Å². The minimum Gasteiger partial charge on any atom is -0.395 e. The third-order valence-electron chi connectivity index (χ3n) is 2.57. The molecule has 1 rings (SSSR count). The number of halogens is 1. The second kappa shape index (κ2) is 9.92. The Morgan fingerprint density at radius 3 is 3.00 bits per heavy atom. The van der Waals surface area contributed by atoms with Crippen LogP contribution in [-0.4, -0.2) is 30.8 Å². The zero-order valence-electron chi connectivity index (χ0n) is 12.1. The van der Waals surface area contributed by atoms with Crippen molar-refractivity contribution in [3.63, 3.8) is 0 Å². The molecule has 0 aliphatic rings. The van der Waals surface area contributed by atoms with Crippen LogP contribution >= 0.6 is 0 Å². The highest BCUT2D eigenvalue weighted by Gasteiger charge is 2.06. The number of hydrogen-bond acceptors (Lipinski definition) is 3. The highest BCUT2D eigenvalue weighted by molar-refractivity contribution is 5.77. The first-order chi connectivity index (χ1) is 10.2. The van der Waals surface area contributed by atoms with Crippen LogP contribution in [0.15, 0.2) is 18.2 Å². The van der Waals surface area contributed by atoms with Gasteiger partial charge in [0.05, 0.1) is 6.61 Å². The van der Waals surface area contributed by atoms with Crippen LogP contribution in [0.5, 0.6) is 0 Å². The molecule has 0 spiro atoms. The molecular formula is C16H20FNO3. The maximum absolute atomic E-state index is 13.6. The fourth-order valence-electron chi connectivity index (χ4n) is 1.56. The van der Waals surface area contributed by atoms with Gasteiger partial charge in [0.25, 0.3) is 0 Å². The lowest BCUT2D eigenvalue weighted by atomic mass is 10.1. The van der Waals surface area contributed by atoms with Crippen LogP contribution in [0.2, 0.25) is 0 Å². The summed E-state index contributed by atoms with van der Waals surface area (Å²) in [4.78, 5) is 11.5.